The Morgan fingerprint density at radius 3 is 2.89 bits per heavy atom. The van der Waals surface area contributed by atoms with Crippen LogP contribution in [-0.2, 0) is 9.53 Å². The molecule has 4 heteroatoms. The van der Waals surface area contributed by atoms with Gasteiger partial charge in [0, 0.05) is 13.0 Å². The van der Waals surface area contributed by atoms with Gasteiger partial charge in [0.25, 0.3) is 0 Å². The molecule has 3 nitrogen and oxygen atoms in total. The molecule has 2 aliphatic rings. The largest absolute Gasteiger partial charge is 0.460 e. The highest BCUT2D eigenvalue weighted by atomic mass is 31.0. The fourth-order valence-electron chi connectivity index (χ4n) is 1.38. The minimum Gasteiger partial charge on any atom is -0.460 e. The molecular weight excluding hydrogens is 137 g/mol. The smallest absolute Gasteiger partial charge is 0.324 e. The molecule has 3 unspecified atom stereocenters. The Bertz CT molecular complexity index is 161. The van der Waals surface area contributed by atoms with Gasteiger partial charge in [-0.3, -0.25) is 9.46 Å². The van der Waals surface area contributed by atoms with Crippen LogP contribution in [-0.4, -0.2) is 29.3 Å². The normalized spacial score (nSPS) is 41.7. The highest BCUT2D eigenvalue weighted by molar-refractivity contribution is 7.13. The van der Waals surface area contributed by atoms with Crippen molar-refractivity contribution in [3.8, 4) is 0 Å². The van der Waals surface area contributed by atoms with Crippen molar-refractivity contribution in [2.24, 2.45) is 0 Å². The number of morpholine rings is 1. The third-order valence-electron chi connectivity index (χ3n) is 1.86. The van der Waals surface area contributed by atoms with E-state index in [1.165, 1.54) is 0 Å². The first-order valence-electron chi connectivity index (χ1n) is 2.99. The molecule has 0 spiro atoms. The second-order valence-electron chi connectivity index (χ2n) is 2.51. The van der Waals surface area contributed by atoms with Gasteiger partial charge in [-0.1, -0.05) is 9.39 Å². The number of esters is 1. The molecule has 0 aromatic rings. The van der Waals surface area contributed by atoms with E-state index in [-0.39, 0.29) is 18.1 Å². The van der Waals surface area contributed by atoms with Gasteiger partial charge >= 0.3 is 5.97 Å². The van der Waals surface area contributed by atoms with E-state index >= 15 is 0 Å². The van der Waals surface area contributed by atoms with E-state index in [9.17, 15) is 4.79 Å². The lowest BCUT2D eigenvalue weighted by Gasteiger charge is -2.19. The summed E-state index contributed by atoms with van der Waals surface area (Å²) in [5, 5.41) is 0. The number of nitrogens with zero attached hydrogens (tertiary/aromatic N) is 1. The number of hydrogen-bond donors (Lipinski definition) is 0. The minimum absolute atomic E-state index is 0.0417. The van der Waals surface area contributed by atoms with E-state index in [1.54, 1.807) is 0 Å². The minimum atomic E-state index is -0.0544. The molecule has 0 radical (unpaired) electrons. The second kappa shape index (κ2) is 1.68. The predicted octanol–water partition coefficient (Wildman–Crippen LogP) is -0.224. The molecule has 2 saturated heterocycles. The Labute approximate surface area is 55.6 Å². The van der Waals surface area contributed by atoms with Gasteiger partial charge < -0.3 is 4.74 Å². The van der Waals surface area contributed by atoms with E-state index in [0.29, 0.717) is 0 Å². The summed E-state index contributed by atoms with van der Waals surface area (Å²) in [6, 6.07) is 0.0417. The summed E-state index contributed by atoms with van der Waals surface area (Å²) in [6.45, 7) is 0.890. The average molecular weight is 145 g/mol. The summed E-state index contributed by atoms with van der Waals surface area (Å²) in [4.78, 5) is 10.8. The van der Waals surface area contributed by atoms with Gasteiger partial charge in [-0.2, -0.15) is 0 Å². The lowest BCUT2D eigenvalue weighted by atomic mass is 10.2. The summed E-state index contributed by atoms with van der Waals surface area (Å²) >= 11 is 0. The third-order valence-corrected chi connectivity index (χ3v) is 2.43. The topological polar surface area (TPSA) is 29.5 Å². The number of rotatable bonds is 0. The number of hydrogen-bond acceptors (Lipinski definition) is 3. The Morgan fingerprint density at radius 1 is 1.78 bits per heavy atom. The first-order valence-corrected chi connectivity index (χ1v) is 3.51. The Balaban J connectivity index is 2.21. The maximum absolute atomic E-state index is 10.8. The summed E-state index contributed by atoms with van der Waals surface area (Å²) in [5.74, 6) is -0.0544. The van der Waals surface area contributed by atoms with Crippen LogP contribution in [0.1, 0.15) is 6.42 Å². The Kier molecular flexibility index (Phi) is 1.05. The maximum Gasteiger partial charge on any atom is 0.324 e. The van der Waals surface area contributed by atoms with E-state index in [4.69, 9.17) is 4.74 Å². The van der Waals surface area contributed by atoms with Crippen molar-refractivity contribution in [2.75, 3.05) is 6.54 Å². The monoisotopic (exact) mass is 145 g/mol. The van der Waals surface area contributed by atoms with Crippen molar-refractivity contribution in [3.63, 3.8) is 0 Å². The molecule has 0 N–H and O–H groups in total. The molecule has 50 valence electrons. The van der Waals surface area contributed by atoms with Crippen molar-refractivity contribution in [2.45, 2.75) is 18.6 Å². The number of fused-ring (bicyclic) bond motifs is 2. The molecule has 0 aromatic carbocycles. The molecule has 0 amide bonds. The SMILES string of the molecule is O=C1OC2CC1N(P)C2. The van der Waals surface area contributed by atoms with Gasteiger partial charge in [0.15, 0.2) is 0 Å². The van der Waals surface area contributed by atoms with Crippen molar-refractivity contribution < 1.29 is 9.53 Å². The predicted molar refractivity (Wildman–Crippen MR) is 34.7 cm³/mol. The van der Waals surface area contributed by atoms with Crippen molar-refractivity contribution >= 4 is 15.4 Å². The van der Waals surface area contributed by atoms with Crippen LogP contribution in [0.2, 0.25) is 0 Å². The first kappa shape index (κ1) is 5.63. The molecule has 2 fully saturated rings. The zero-order chi connectivity index (χ0) is 6.43. The quantitative estimate of drug-likeness (QED) is 0.348. The van der Waals surface area contributed by atoms with E-state index in [2.05, 4.69) is 9.39 Å². The molecule has 0 saturated carbocycles. The molecule has 0 aromatic heterocycles. The zero-order valence-electron chi connectivity index (χ0n) is 4.91. The molecule has 2 heterocycles. The summed E-state index contributed by atoms with van der Waals surface area (Å²) < 4.78 is 6.91. The zero-order valence-corrected chi connectivity index (χ0v) is 6.06. The molecule has 3 atom stereocenters. The molecule has 0 aliphatic carbocycles. The van der Waals surface area contributed by atoms with Gasteiger partial charge in [-0.15, -0.1) is 0 Å². The van der Waals surface area contributed by atoms with Crippen molar-refractivity contribution in [1.82, 2.24) is 4.67 Å². The molecule has 9 heavy (non-hydrogen) atoms. The third kappa shape index (κ3) is 0.684. The van der Waals surface area contributed by atoms with Gasteiger partial charge in [0.05, 0.1) is 0 Å². The first-order chi connectivity index (χ1) is 4.27. The van der Waals surface area contributed by atoms with Crippen LogP contribution in [0.4, 0.5) is 0 Å². The number of carbonyl (C=O) groups excluding carboxylic acids is 1. The Morgan fingerprint density at radius 2 is 2.56 bits per heavy atom. The summed E-state index contributed by atoms with van der Waals surface area (Å²) in [6.07, 6.45) is 1.07. The van der Waals surface area contributed by atoms with E-state index < -0.39 is 0 Å². The van der Waals surface area contributed by atoms with Gasteiger partial charge in [-0.25, -0.2) is 0 Å². The standard InChI is InChI=1S/C5H8NO2P/c7-5-4-1-3(8-5)2-6(4)9/h3-4H,1-2,9H2. The lowest BCUT2D eigenvalue weighted by molar-refractivity contribution is -0.148. The highest BCUT2D eigenvalue weighted by Gasteiger charge is 2.44. The van der Waals surface area contributed by atoms with Gasteiger partial charge in [0.2, 0.25) is 0 Å². The van der Waals surface area contributed by atoms with Gasteiger partial charge in [-0.05, 0) is 0 Å². The maximum atomic E-state index is 10.8. The van der Waals surface area contributed by atoms with Crippen LogP contribution in [0.5, 0.6) is 0 Å². The summed E-state index contributed by atoms with van der Waals surface area (Å²) in [7, 11) is 2.54. The van der Waals surface area contributed by atoms with Crippen LogP contribution in [0.25, 0.3) is 0 Å². The van der Waals surface area contributed by atoms with Crippen molar-refractivity contribution in [1.29, 1.82) is 0 Å². The number of carbonyl (C=O) groups is 1. The number of ether oxygens (including phenoxy) is 1. The molecule has 2 bridgehead atoms. The van der Waals surface area contributed by atoms with Crippen LogP contribution in [0, 0.1) is 0 Å². The molecular formula is C5H8NO2P. The second-order valence-corrected chi connectivity index (χ2v) is 3.17. The lowest BCUT2D eigenvalue weighted by Crippen LogP contribution is -2.33. The Hall–Kier alpha value is -0.140. The summed E-state index contributed by atoms with van der Waals surface area (Å²) in [5.41, 5.74) is 0. The average Bonchev–Trinajstić information content (AvgIpc) is 2.22. The van der Waals surface area contributed by atoms with Crippen molar-refractivity contribution in [3.05, 3.63) is 0 Å². The van der Waals surface area contributed by atoms with Gasteiger partial charge in [0.1, 0.15) is 12.1 Å². The fraction of sp³-hybridized carbons (Fsp3) is 0.800. The molecule has 2 aliphatic heterocycles. The molecule has 2 rings (SSSR count). The van der Waals surface area contributed by atoms with E-state index in [1.807, 2.05) is 4.67 Å². The van der Waals surface area contributed by atoms with Crippen LogP contribution >= 0.6 is 9.39 Å². The van der Waals surface area contributed by atoms with E-state index in [0.717, 1.165) is 13.0 Å². The van der Waals surface area contributed by atoms with Crippen LogP contribution in [0.15, 0.2) is 0 Å². The van der Waals surface area contributed by atoms with Crippen LogP contribution < -0.4 is 0 Å². The fourth-order valence-corrected chi connectivity index (χ4v) is 1.86. The highest BCUT2D eigenvalue weighted by Crippen LogP contribution is 2.30. The van der Waals surface area contributed by atoms with Crippen LogP contribution in [0.3, 0.4) is 0 Å².